The molecule has 1 aliphatic rings. The fourth-order valence-electron chi connectivity index (χ4n) is 3.21. The summed E-state index contributed by atoms with van der Waals surface area (Å²) in [5.74, 6) is 2.24. The first-order valence-corrected chi connectivity index (χ1v) is 7.65. The highest BCUT2D eigenvalue weighted by Crippen LogP contribution is 2.31. The molecule has 0 bridgehead atoms. The van der Waals surface area contributed by atoms with E-state index in [0.29, 0.717) is 5.92 Å². The Morgan fingerprint density at radius 2 is 2.18 bits per heavy atom. The van der Waals surface area contributed by atoms with E-state index >= 15 is 0 Å². The van der Waals surface area contributed by atoms with Crippen LogP contribution in [0, 0.1) is 6.92 Å². The van der Waals surface area contributed by atoms with Gasteiger partial charge in [0, 0.05) is 37.1 Å². The number of fused-ring (bicyclic) bond motifs is 1. The van der Waals surface area contributed by atoms with Crippen LogP contribution in [0.25, 0.3) is 11.0 Å². The molecule has 0 aromatic carbocycles. The SMILES string of the molecule is Cc1nc(N2CCC[C@H](c3ccn[nH]3)C2)c2cccnc2n1. The Morgan fingerprint density at radius 1 is 1.23 bits per heavy atom. The van der Waals surface area contributed by atoms with Crippen molar-refractivity contribution in [3.05, 3.63) is 42.1 Å². The molecule has 6 nitrogen and oxygen atoms in total. The summed E-state index contributed by atoms with van der Waals surface area (Å²) in [5.41, 5.74) is 1.98. The van der Waals surface area contributed by atoms with Crippen LogP contribution in [0.2, 0.25) is 0 Å². The lowest BCUT2D eigenvalue weighted by Gasteiger charge is -2.33. The summed E-state index contributed by atoms with van der Waals surface area (Å²) in [4.78, 5) is 15.9. The zero-order valence-electron chi connectivity index (χ0n) is 12.5. The topological polar surface area (TPSA) is 70.6 Å². The third-order valence-electron chi connectivity index (χ3n) is 4.25. The van der Waals surface area contributed by atoms with Crippen LogP contribution in [-0.4, -0.2) is 38.2 Å². The van der Waals surface area contributed by atoms with Gasteiger partial charge >= 0.3 is 0 Å². The molecule has 1 atom stereocenters. The van der Waals surface area contributed by atoms with Crippen LogP contribution in [0.1, 0.15) is 30.3 Å². The van der Waals surface area contributed by atoms with E-state index in [0.717, 1.165) is 42.2 Å². The molecule has 0 radical (unpaired) electrons. The Balaban J connectivity index is 1.72. The summed E-state index contributed by atoms with van der Waals surface area (Å²) >= 11 is 0. The molecule has 0 amide bonds. The number of pyridine rings is 1. The van der Waals surface area contributed by atoms with E-state index in [4.69, 9.17) is 0 Å². The second kappa shape index (κ2) is 5.36. The van der Waals surface area contributed by atoms with E-state index in [9.17, 15) is 0 Å². The summed E-state index contributed by atoms with van der Waals surface area (Å²) in [6.45, 7) is 3.89. The zero-order valence-corrected chi connectivity index (χ0v) is 12.5. The second-order valence-electron chi connectivity index (χ2n) is 5.77. The molecule has 4 rings (SSSR count). The third kappa shape index (κ3) is 2.30. The van der Waals surface area contributed by atoms with Crippen molar-refractivity contribution in [2.24, 2.45) is 0 Å². The van der Waals surface area contributed by atoms with Crippen molar-refractivity contribution >= 4 is 16.9 Å². The quantitative estimate of drug-likeness (QED) is 0.786. The smallest absolute Gasteiger partial charge is 0.164 e. The number of rotatable bonds is 2. The lowest BCUT2D eigenvalue weighted by atomic mass is 9.95. The van der Waals surface area contributed by atoms with Gasteiger partial charge in [-0.25, -0.2) is 15.0 Å². The summed E-state index contributed by atoms with van der Waals surface area (Å²) in [6.07, 6.45) is 5.93. The number of hydrogen-bond acceptors (Lipinski definition) is 5. The molecule has 1 N–H and O–H groups in total. The molecule has 3 aromatic rings. The predicted octanol–water partition coefficient (Wildman–Crippen LogP) is 2.44. The molecular weight excluding hydrogens is 276 g/mol. The first-order chi connectivity index (χ1) is 10.8. The van der Waals surface area contributed by atoms with Crippen molar-refractivity contribution in [3.8, 4) is 0 Å². The van der Waals surface area contributed by atoms with E-state index < -0.39 is 0 Å². The van der Waals surface area contributed by atoms with Crippen molar-refractivity contribution in [2.45, 2.75) is 25.7 Å². The third-order valence-corrected chi connectivity index (χ3v) is 4.25. The standard InChI is InChI=1S/C16H18N6/c1-11-19-15-13(5-2-7-17-15)16(20-11)22-9-3-4-12(10-22)14-6-8-18-21-14/h2,5-8,12H,3-4,9-10H2,1H3,(H,18,21)/t12-/m0/s1. The van der Waals surface area contributed by atoms with Gasteiger partial charge in [-0.3, -0.25) is 5.10 Å². The fourth-order valence-corrected chi connectivity index (χ4v) is 3.21. The van der Waals surface area contributed by atoms with Crippen LogP contribution in [0.3, 0.4) is 0 Å². The first-order valence-electron chi connectivity index (χ1n) is 7.65. The molecule has 112 valence electrons. The minimum Gasteiger partial charge on any atom is -0.355 e. The van der Waals surface area contributed by atoms with Crippen LogP contribution in [0.4, 0.5) is 5.82 Å². The first kappa shape index (κ1) is 13.2. The number of nitrogens with one attached hydrogen (secondary N) is 1. The van der Waals surface area contributed by atoms with Gasteiger partial charge in [-0.05, 0) is 38.0 Å². The van der Waals surface area contributed by atoms with Gasteiger partial charge in [-0.15, -0.1) is 0 Å². The number of nitrogens with zero attached hydrogens (tertiary/aromatic N) is 5. The van der Waals surface area contributed by atoms with Crippen molar-refractivity contribution in [2.75, 3.05) is 18.0 Å². The molecule has 0 aliphatic carbocycles. The molecule has 4 heterocycles. The molecule has 0 saturated carbocycles. The molecule has 1 aliphatic heterocycles. The Labute approximate surface area is 128 Å². The number of anilines is 1. The van der Waals surface area contributed by atoms with Gasteiger partial charge in [0.05, 0.1) is 5.39 Å². The van der Waals surface area contributed by atoms with Gasteiger partial charge in [0.15, 0.2) is 5.65 Å². The van der Waals surface area contributed by atoms with E-state index in [1.165, 1.54) is 12.1 Å². The minimum atomic E-state index is 0.471. The monoisotopic (exact) mass is 294 g/mol. The Morgan fingerprint density at radius 3 is 3.05 bits per heavy atom. The van der Waals surface area contributed by atoms with E-state index in [-0.39, 0.29) is 0 Å². The van der Waals surface area contributed by atoms with Crippen LogP contribution < -0.4 is 4.90 Å². The van der Waals surface area contributed by atoms with Gasteiger partial charge in [0.1, 0.15) is 11.6 Å². The summed E-state index contributed by atoms with van der Waals surface area (Å²) in [7, 11) is 0. The lowest BCUT2D eigenvalue weighted by molar-refractivity contribution is 0.498. The minimum absolute atomic E-state index is 0.471. The normalized spacial score (nSPS) is 18.8. The number of aromatic nitrogens is 5. The van der Waals surface area contributed by atoms with E-state index in [2.05, 4.69) is 42.2 Å². The average Bonchev–Trinajstić information content (AvgIpc) is 3.09. The Bertz CT molecular complexity index is 782. The van der Waals surface area contributed by atoms with Gasteiger partial charge in [0.25, 0.3) is 0 Å². The molecule has 1 fully saturated rings. The average molecular weight is 294 g/mol. The largest absolute Gasteiger partial charge is 0.355 e. The molecule has 3 aromatic heterocycles. The highest BCUT2D eigenvalue weighted by molar-refractivity contribution is 5.86. The van der Waals surface area contributed by atoms with Gasteiger partial charge < -0.3 is 4.90 Å². The Hall–Kier alpha value is -2.50. The number of hydrogen-bond donors (Lipinski definition) is 1. The van der Waals surface area contributed by atoms with Crippen LogP contribution in [-0.2, 0) is 0 Å². The molecule has 0 unspecified atom stereocenters. The van der Waals surface area contributed by atoms with Crippen molar-refractivity contribution < 1.29 is 0 Å². The van der Waals surface area contributed by atoms with Crippen LogP contribution in [0.15, 0.2) is 30.6 Å². The van der Waals surface area contributed by atoms with Gasteiger partial charge in [0.2, 0.25) is 0 Å². The second-order valence-corrected chi connectivity index (χ2v) is 5.77. The highest BCUT2D eigenvalue weighted by Gasteiger charge is 2.24. The van der Waals surface area contributed by atoms with E-state index in [1.54, 1.807) is 6.20 Å². The van der Waals surface area contributed by atoms with E-state index in [1.807, 2.05) is 19.2 Å². The summed E-state index contributed by atoms with van der Waals surface area (Å²) in [5, 5.41) is 8.21. The maximum Gasteiger partial charge on any atom is 0.164 e. The van der Waals surface area contributed by atoms with Gasteiger partial charge in [-0.1, -0.05) is 0 Å². The predicted molar refractivity (Wildman–Crippen MR) is 84.8 cm³/mol. The van der Waals surface area contributed by atoms with Crippen molar-refractivity contribution in [3.63, 3.8) is 0 Å². The molecule has 0 spiro atoms. The zero-order chi connectivity index (χ0) is 14.9. The summed E-state index contributed by atoms with van der Waals surface area (Å²) < 4.78 is 0. The maximum atomic E-state index is 4.69. The number of aryl methyl sites for hydroxylation is 1. The number of aromatic amines is 1. The number of H-pyrrole nitrogens is 1. The molecule has 1 saturated heterocycles. The Kier molecular flexibility index (Phi) is 3.21. The molecule has 22 heavy (non-hydrogen) atoms. The van der Waals surface area contributed by atoms with Crippen molar-refractivity contribution in [1.29, 1.82) is 0 Å². The van der Waals surface area contributed by atoms with Crippen LogP contribution in [0.5, 0.6) is 0 Å². The van der Waals surface area contributed by atoms with Gasteiger partial charge in [-0.2, -0.15) is 5.10 Å². The fraction of sp³-hybridized carbons (Fsp3) is 0.375. The highest BCUT2D eigenvalue weighted by atomic mass is 15.2. The van der Waals surface area contributed by atoms with Crippen molar-refractivity contribution in [1.82, 2.24) is 25.1 Å². The summed E-state index contributed by atoms with van der Waals surface area (Å²) in [6, 6.07) is 6.07. The van der Waals surface area contributed by atoms with Crippen LogP contribution >= 0.6 is 0 Å². The lowest BCUT2D eigenvalue weighted by Crippen LogP contribution is -2.35. The number of piperidine rings is 1. The maximum absolute atomic E-state index is 4.69. The molecular formula is C16H18N6. The molecule has 6 heteroatoms.